The van der Waals surface area contributed by atoms with Gasteiger partial charge in [-0.25, -0.2) is 0 Å². The Bertz CT molecular complexity index is 1120. The van der Waals surface area contributed by atoms with Gasteiger partial charge in [-0.05, 0) is 43.2 Å². The maximum Gasteiger partial charge on any atom is 0.417 e. The number of nitrogens with two attached hydrogens (primary N) is 1. The summed E-state index contributed by atoms with van der Waals surface area (Å²) >= 11 is 0. The molecule has 2 aromatic heterocycles. The highest BCUT2D eigenvalue weighted by Gasteiger charge is 2.34. The van der Waals surface area contributed by atoms with E-state index < -0.39 is 23.2 Å². The van der Waals surface area contributed by atoms with Crippen LogP contribution in [0, 0.1) is 25.2 Å². The second-order valence-corrected chi connectivity index (χ2v) is 6.49. The fourth-order valence-electron chi connectivity index (χ4n) is 3.14. The van der Waals surface area contributed by atoms with Gasteiger partial charge in [0.15, 0.2) is 0 Å². The quantitative estimate of drug-likeness (QED) is 0.725. The lowest BCUT2D eigenvalue weighted by Crippen LogP contribution is -2.13. The average Bonchev–Trinajstić information content (AvgIpc) is 2.94. The van der Waals surface area contributed by atoms with E-state index in [1.165, 1.54) is 24.4 Å². The van der Waals surface area contributed by atoms with Gasteiger partial charge in [0.25, 0.3) is 5.91 Å². The van der Waals surface area contributed by atoms with Gasteiger partial charge in [0.1, 0.15) is 5.69 Å². The smallest absolute Gasteiger partial charge is 0.364 e. The number of pyridine rings is 1. The Morgan fingerprint density at radius 1 is 1.24 bits per heavy atom. The molecule has 3 aromatic rings. The third kappa shape index (κ3) is 3.96. The molecule has 1 aromatic carbocycles. The normalized spacial score (nSPS) is 11.3. The molecular weight excluding hydrogens is 383 g/mol. The molecule has 0 aliphatic rings. The van der Waals surface area contributed by atoms with E-state index in [1.807, 2.05) is 0 Å². The Labute approximate surface area is 164 Å². The van der Waals surface area contributed by atoms with Gasteiger partial charge in [0, 0.05) is 17.5 Å². The summed E-state index contributed by atoms with van der Waals surface area (Å²) in [6.07, 6.45) is -3.13. The Balaban J connectivity index is 2.00. The van der Waals surface area contributed by atoms with Crippen LogP contribution in [-0.4, -0.2) is 20.7 Å². The van der Waals surface area contributed by atoms with Crippen LogP contribution in [0.15, 0.2) is 36.5 Å². The number of benzene rings is 1. The molecule has 2 heterocycles. The van der Waals surface area contributed by atoms with Crippen LogP contribution in [0.2, 0.25) is 0 Å². The number of alkyl halides is 3. The fourth-order valence-corrected chi connectivity index (χ4v) is 3.14. The standard InChI is InChI=1S/C20H16F3N5O/c1-11-18(14-4-5-15(8-24)16(7-14)20(21,22)23)12(2)28(27-11)10-13-3-6-17(19(25)29)26-9-13/h3-7,9H,10H2,1-2H3,(H2,25,29). The molecule has 0 radical (unpaired) electrons. The summed E-state index contributed by atoms with van der Waals surface area (Å²) in [6.45, 7) is 3.78. The molecule has 0 atom stereocenters. The Morgan fingerprint density at radius 3 is 2.52 bits per heavy atom. The first-order valence-electron chi connectivity index (χ1n) is 8.52. The number of nitrogens with zero attached hydrogens (tertiary/aromatic N) is 4. The number of hydrogen-bond donors (Lipinski definition) is 1. The van der Waals surface area contributed by atoms with E-state index in [0.29, 0.717) is 29.1 Å². The number of rotatable bonds is 4. The molecule has 1 amide bonds. The molecule has 0 fully saturated rings. The summed E-state index contributed by atoms with van der Waals surface area (Å²) in [5.74, 6) is -0.633. The van der Waals surface area contributed by atoms with Gasteiger partial charge in [-0.2, -0.15) is 23.5 Å². The van der Waals surface area contributed by atoms with Gasteiger partial charge in [-0.3, -0.25) is 14.5 Å². The van der Waals surface area contributed by atoms with Crippen molar-refractivity contribution < 1.29 is 18.0 Å². The maximum absolute atomic E-state index is 13.3. The molecule has 0 bridgehead atoms. The predicted molar refractivity (Wildman–Crippen MR) is 98.7 cm³/mol. The topological polar surface area (TPSA) is 97.6 Å². The van der Waals surface area contributed by atoms with E-state index in [-0.39, 0.29) is 5.69 Å². The van der Waals surface area contributed by atoms with Crippen LogP contribution in [0.3, 0.4) is 0 Å². The van der Waals surface area contributed by atoms with Crippen LogP contribution >= 0.6 is 0 Å². The Kier molecular flexibility index (Phi) is 5.12. The number of aryl methyl sites for hydroxylation is 1. The van der Waals surface area contributed by atoms with Crippen LogP contribution in [-0.2, 0) is 12.7 Å². The molecule has 0 spiro atoms. The van der Waals surface area contributed by atoms with E-state index in [1.54, 1.807) is 30.7 Å². The van der Waals surface area contributed by atoms with Crippen molar-refractivity contribution in [3.05, 3.63) is 70.3 Å². The molecule has 0 saturated carbocycles. The number of halogens is 3. The highest BCUT2D eigenvalue weighted by atomic mass is 19.4. The van der Waals surface area contributed by atoms with Crippen LogP contribution in [0.5, 0.6) is 0 Å². The van der Waals surface area contributed by atoms with Gasteiger partial charge < -0.3 is 5.73 Å². The van der Waals surface area contributed by atoms with Gasteiger partial charge in [0.2, 0.25) is 0 Å². The molecule has 2 N–H and O–H groups in total. The second kappa shape index (κ2) is 7.39. The molecule has 29 heavy (non-hydrogen) atoms. The van der Waals surface area contributed by atoms with Crippen LogP contribution < -0.4 is 5.73 Å². The first-order chi connectivity index (χ1) is 13.6. The minimum Gasteiger partial charge on any atom is -0.364 e. The van der Waals surface area contributed by atoms with Gasteiger partial charge >= 0.3 is 6.18 Å². The Hall–Kier alpha value is -3.67. The highest BCUT2D eigenvalue weighted by Crippen LogP contribution is 2.36. The van der Waals surface area contributed by atoms with Crippen molar-refractivity contribution >= 4 is 5.91 Å². The number of nitriles is 1. The van der Waals surface area contributed by atoms with Crippen molar-refractivity contribution in [1.82, 2.24) is 14.8 Å². The fraction of sp³-hybridized carbons (Fsp3) is 0.200. The highest BCUT2D eigenvalue weighted by molar-refractivity contribution is 5.90. The second-order valence-electron chi connectivity index (χ2n) is 6.49. The summed E-state index contributed by atoms with van der Waals surface area (Å²) in [5.41, 5.74) is 6.79. The van der Waals surface area contributed by atoms with Crippen molar-refractivity contribution in [2.45, 2.75) is 26.6 Å². The number of carbonyl (C=O) groups excluding carboxylic acids is 1. The van der Waals surface area contributed by atoms with E-state index >= 15 is 0 Å². The van der Waals surface area contributed by atoms with Crippen molar-refractivity contribution in [2.75, 3.05) is 0 Å². The summed E-state index contributed by atoms with van der Waals surface area (Å²) in [7, 11) is 0. The van der Waals surface area contributed by atoms with Gasteiger partial charge in [0.05, 0.1) is 29.4 Å². The van der Waals surface area contributed by atoms with Crippen LogP contribution in [0.25, 0.3) is 11.1 Å². The average molecular weight is 399 g/mol. The van der Waals surface area contributed by atoms with Crippen molar-refractivity contribution in [1.29, 1.82) is 5.26 Å². The summed E-state index contributed by atoms with van der Waals surface area (Å²) in [5, 5.41) is 13.4. The molecule has 6 nitrogen and oxygen atoms in total. The summed E-state index contributed by atoms with van der Waals surface area (Å²) < 4.78 is 41.6. The van der Waals surface area contributed by atoms with E-state index in [2.05, 4.69) is 10.1 Å². The van der Waals surface area contributed by atoms with Gasteiger partial charge in [-0.1, -0.05) is 12.1 Å². The predicted octanol–water partition coefficient (Wildman–Crippen LogP) is 3.60. The summed E-state index contributed by atoms with van der Waals surface area (Å²) in [6, 6.07) is 8.39. The Morgan fingerprint density at radius 2 is 1.97 bits per heavy atom. The van der Waals surface area contributed by atoms with Crippen LogP contribution in [0.4, 0.5) is 13.2 Å². The number of hydrogen-bond acceptors (Lipinski definition) is 4. The molecular formula is C20H16F3N5O. The third-order valence-corrected chi connectivity index (χ3v) is 4.53. The molecule has 148 valence electrons. The van der Waals surface area contributed by atoms with E-state index in [4.69, 9.17) is 11.0 Å². The first kappa shape index (κ1) is 20.1. The zero-order chi connectivity index (χ0) is 21.3. The zero-order valence-electron chi connectivity index (χ0n) is 15.6. The zero-order valence-corrected chi connectivity index (χ0v) is 15.6. The molecule has 0 saturated heterocycles. The molecule has 3 rings (SSSR count). The first-order valence-corrected chi connectivity index (χ1v) is 8.52. The summed E-state index contributed by atoms with van der Waals surface area (Å²) in [4.78, 5) is 15.1. The van der Waals surface area contributed by atoms with Crippen molar-refractivity contribution in [3.63, 3.8) is 0 Å². The van der Waals surface area contributed by atoms with E-state index in [9.17, 15) is 18.0 Å². The number of aromatic nitrogens is 3. The number of carbonyl (C=O) groups is 1. The van der Waals surface area contributed by atoms with E-state index in [0.717, 1.165) is 11.6 Å². The molecule has 0 aliphatic carbocycles. The lowest BCUT2D eigenvalue weighted by atomic mass is 9.98. The molecule has 9 heteroatoms. The number of primary amides is 1. The number of amides is 1. The largest absolute Gasteiger partial charge is 0.417 e. The lowest BCUT2D eigenvalue weighted by molar-refractivity contribution is -0.137. The lowest BCUT2D eigenvalue weighted by Gasteiger charge is -2.11. The van der Waals surface area contributed by atoms with Crippen molar-refractivity contribution in [2.24, 2.45) is 5.73 Å². The minimum absolute atomic E-state index is 0.139. The monoisotopic (exact) mass is 399 g/mol. The third-order valence-electron chi connectivity index (χ3n) is 4.53. The van der Waals surface area contributed by atoms with Gasteiger partial charge in [-0.15, -0.1) is 0 Å². The molecule has 0 unspecified atom stereocenters. The SMILES string of the molecule is Cc1nn(Cc2ccc(C(N)=O)nc2)c(C)c1-c1ccc(C#N)c(C(F)(F)F)c1. The minimum atomic E-state index is -4.63. The van der Waals surface area contributed by atoms with Crippen LogP contribution in [0.1, 0.15) is 38.6 Å². The maximum atomic E-state index is 13.3. The van der Waals surface area contributed by atoms with Crippen molar-refractivity contribution in [3.8, 4) is 17.2 Å². The molecule has 0 aliphatic heterocycles.